The van der Waals surface area contributed by atoms with Gasteiger partial charge in [-0.1, -0.05) is 30.3 Å². The summed E-state index contributed by atoms with van der Waals surface area (Å²) in [6.45, 7) is 3.94. The molecule has 0 spiro atoms. The molecule has 2 heterocycles. The van der Waals surface area contributed by atoms with Crippen LogP contribution in [0.5, 0.6) is 0 Å². The minimum Gasteiger partial charge on any atom is -0.324 e. The minimum absolute atomic E-state index is 0.0297. The number of pyridine rings is 1. The number of hydrogen-bond donors (Lipinski definition) is 1. The van der Waals surface area contributed by atoms with Gasteiger partial charge in [-0.2, -0.15) is 0 Å². The predicted octanol–water partition coefficient (Wildman–Crippen LogP) is 3.44. The highest BCUT2D eigenvalue weighted by Crippen LogP contribution is 2.18. The zero-order chi connectivity index (χ0) is 19.7. The Morgan fingerprint density at radius 3 is 2.57 bits per heavy atom. The van der Waals surface area contributed by atoms with Gasteiger partial charge in [0.25, 0.3) is 5.56 Å². The standard InChI is InChI=1S/C22H20N4O2/c1-15-8-6-12-19(16(15)2)24-20(27)14-25-21-18(11-7-13-23-21)22(28)26(25)17-9-4-3-5-10-17/h3-13H,14H2,1-2H3,(H,24,27). The van der Waals surface area contributed by atoms with Crippen molar-refractivity contribution in [1.29, 1.82) is 0 Å². The second kappa shape index (κ2) is 7.15. The van der Waals surface area contributed by atoms with Crippen LogP contribution in [0.2, 0.25) is 0 Å². The molecule has 4 rings (SSSR count). The number of aromatic nitrogens is 3. The summed E-state index contributed by atoms with van der Waals surface area (Å²) in [5.41, 5.74) is 3.85. The monoisotopic (exact) mass is 372 g/mol. The summed E-state index contributed by atoms with van der Waals surface area (Å²) >= 11 is 0. The number of nitrogens with zero attached hydrogens (tertiary/aromatic N) is 3. The van der Waals surface area contributed by atoms with Crippen molar-refractivity contribution in [1.82, 2.24) is 14.3 Å². The molecular formula is C22H20N4O2. The zero-order valence-corrected chi connectivity index (χ0v) is 15.7. The number of anilines is 1. The van der Waals surface area contributed by atoms with Crippen molar-refractivity contribution < 1.29 is 4.79 Å². The Kier molecular flexibility index (Phi) is 4.53. The lowest BCUT2D eigenvalue weighted by molar-refractivity contribution is -0.116. The van der Waals surface area contributed by atoms with E-state index in [-0.39, 0.29) is 18.0 Å². The summed E-state index contributed by atoms with van der Waals surface area (Å²) < 4.78 is 3.12. The smallest absolute Gasteiger partial charge is 0.280 e. The van der Waals surface area contributed by atoms with Gasteiger partial charge in [0.1, 0.15) is 6.54 Å². The van der Waals surface area contributed by atoms with Crippen LogP contribution in [-0.4, -0.2) is 20.3 Å². The van der Waals surface area contributed by atoms with E-state index in [1.165, 1.54) is 4.68 Å². The van der Waals surface area contributed by atoms with Gasteiger partial charge < -0.3 is 5.32 Å². The summed E-state index contributed by atoms with van der Waals surface area (Å²) in [5.74, 6) is -0.221. The topological polar surface area (TPSA) is 68.9 Å². The molecule has 6 heteroatoms. The number of carbonyl (C=O) groups excluding carboxylic acids is 1. The van der Waals surface area contributed by atoms with E-state index in [9.17, 15) is 9.59 Å². The van der Waals surface area contributed by atoms with Crippen LogP contribution in [0.15, 0.2) is 71.7 Å². The Labute approximate surface area is 162 Å². The molecule has 0 aliphatic rings. The van der Waals surface area contributed by atoms with E-state index >= 15 is 0 Å². The van der Waals surface area contributed by atoms with E-state index in [1.54, 1.807) is 23.0 Å². The lowest BCUT2D eigenvalue weighted by Crippen LogP contribution is -2.27. The van der Waals surface area contributed by atoms with Gasteiger partial charge in [0.05, 0.1) is 11.1 Å². The molecule has 6 nitrogen and oxygen atoms in total. The SMILES string of the molecule is Cc1cccc(NC(=O)Cn2c3ncccc3c(=O)n2-c2ccccc2)c1C. The molecule has 28 heavy (non-hydrogen) atoms. The third-order valence-electron chi connectivity index (χ3n) is 4.87. The van der Waals surface area contributed by atoms with Crippen molar-refractivity contribution in [3.63, 3.8) is 0 Å². The average Bonchev–Trinajstić information content (AvgIpc) is 2.98. The molecule has 2 aromatic carbocycles. The van der Waals surface area contributed by atoms with E-state index in [2.05, 4.69) is 10.3 Å². The fourth-order valence-electron chi connectivity index (χ4n) is 3.27. The maximum atomic E-state index is 13.0. The van der Waals surface area contributed by atoms with Gasteiger partial charge in [-0.15, -0.1) is 0 Å². The van der Waals surface area contributed by atoms with E-state index in [4.69, 9.17) is 0 Å². The molecule has 0 saturated carbocycles. The van der Waals surface area contributed by atoms with Crippen molar-refractivity contribution in [3.05, 3.63) is 88.3 Å². The average molecular weight is 372 g/mol. The lowest BCUT2D eigenvalue weighted by atomic mass is 10.1. The molecule has 1 amide bonds. The molecule has 140 valence electrons. The number of hydrogen-bond acceptors (Lipinski definition) is 3. The molecular weight excluding hydrogens is 352 g/mol. The number of aryl methyl sites for hydroxylation is 1. The number of para-hydroxylation sites is 1. The van der Waals surface area contributed by atoms with Crippen molar-refractivity contribution in [2.75, 3.05) is 5.32 Å². The lowest BCUT2D eigenvalue weighted by Gasteiger charge is -2.14. The van der Waals surface area contributed by atoms with Gasteiger partial charge in [-0.05, 0) is 55.3 Å². The maximum Gasteiger partial charge on any atom is 0.280 e. The van der Waals surface area contributed by atoms with Crippen LogP contribution >= 0.6 is 0 Å². The first-order valence-electron chi connectivity index (χ1n) is 9.04. The first kappa shape index (κ1) is 17.7. The van der Waals surface area contributed by atoms with Gasteiger partial charge in [-0.3, -0.25) is 14.3 Å². The third kappa shape index (κ3) is 3.09. The molecule has 0 radical (unpaired) electrons. The Bertz CT molecular complexity index is 1220. The van der Waals surface area contributed by atoms with Crippen LogP contribution in [0.4, 0.5) is 5.69 Å². The van der Waals surface area contributed by atoms with E-state index in [0.29, 0.717) is 16.7 Å². The molecule has 0 aliphatic carbocycles. The minimum atomic E-state index is -0.221. The Balaban J connectivity index is 1.77. The van der Waals surface area contributed by atoms with Gasteiger partial charge in [0.2, 0.25) is 5.91 Å². The summed E-state index contributed by atoms with van der Waals surface area (Å²) in [6.07, 6.45) is 1.62. The molecule has 0 bridgehead atoms. The second-order valence-electron chi connectivity index (χ2n) is 6.68. The highest BCUT2D eigenvalue weighted by molar-refractivity contribution is 5.92. The molecule has 0 atom stereocenters. The van der Waals surface area contributed by atoms with Crippen LogP contribution in [0.3, 0.4) is 0 Å². The number of rotatable bonds is 4. The highest BCUT2D eigenvalue weighted by atomic mass is 16.2. The molecule has 0 unspecified atom stereocenters. The highest BCUT2D eigenvalue weighted by Gasteiger charge is 2.18. The Morgan fingerprint density at radius 2 is 1.79 bits per heavy atom. The predicted molar refractivity (Wildman–Crippen MR) is 110 cm³/mol. The van der Waals surface area contributed by atoms with Crippen LogP contribution in [0.1, 0.15) is 11.1 Å². The summed E-state index contributed by atoms with van der Waals surface area (Å²) in [7, 11) is 0. The quantitative estimate of drug-likeness (QED) is 0.597. The third-order valence-corrected chi connectivity index (χ3v) is 4.87. The van der Waals surface area contributed by atoms with Crippen LogP contribution < -0.4 is 10.9 Å². The van der Waals surface area contributed by atoms with Gasteiger partial charge in [-0.25, -0.2) is 9.67 Å². The first-order chi connectivity index (χ1) is 13.6. The van der Waals surface area contributed by atoms with Crippen molar-refractivity contribution in [3.8, 4) is 5.69 Å². The molecule has 1 N–H and O–H groups in total. The molecule has 0 saturated heterocycles. The maximum absolute atomic E-state index is 13.0. The fourth-order valence-corrected chi connectivity index (χ4v) is 3.27. The Morgan fingerprint density at radius 1 is 1.00 bits per heavy atom. The van der Waals surface area contributed by atoms with Crippen molar-refractivity contribution in [2.45, 2.75) is 20.4 Å². The van der Waals surface area contributed by atoms with Crippen LogP contribution in [0, 0.1) is 13.8 Å². The number of carbonyl (C=O) groups is 1. The Hall–Kier alpha value is -3.67. The van der Waals surface area contributed by atoms with Crippen molar-refractivity contribution >= 4 is 22.6 Å². The number of amides is 1. The second-order valence-corrected chi connectivity index (χ2v) is 6.68. The largest absolute Gasteiger partial charge is 0.324 e. The summed E-state index contributed by atoms with van der Waals surface area (Å²) in [4.78, 5) is 30.1. The van der Waals surface area contributed by atoms with E-state index < -0.39 is 0 Å². The normalized spacial score (nSPS) is 10.9. The molecule has 0 aliphatic heterocycles. The van der Waals surface area contributed by atoms with Gasteiger partial charge in [0, 0.05) is 11.9 Å². The van der Waals surface area contributed by atoms with Crippen LogP contribution in [0.25, 0.3) is 16.7 Å². The molecule has 2 aromatic heterocycles. The van der Waals surface area contributed by atoms with Gasteiger partial charge >= 0.3 is 0 Å². The number of benzene rings is 2. The zero-order valence-electron chi connectivity index (χ0n) is 15.7. The summed E-state index contributed by atoms with van der Waals surface area (Å²) in [5, 5.41) is 3.43. The number of fused-ring (bicyclic) bond motifs is 1. The van der Waals surface area contributed by atoms with E-state index in [0.717, 1.165) is 16.8 Å². The molecule has 4 aromatic rings. The van der Waals surface area contributed by atoms with Gasteiger partial charge in [0.15, 0.2) is 5.65 Å². The van der Waals surface area contributed by atoms with E-state index in [1.807, 2.05) is 62.4 Å². The number of nitrogens with one attached hydrogen (secondary N) is 1. The fraction of sp³-hybridized carbons (Fsp3) is 0.136. The summed E-state index contributed by atoms with van der Waals surface area (Å²) in [6, 6.07) is 18.5. The first-order valence-corrected chi connectivity index (χ1v) is 9.04. The van der Waals surface area contributed by atoms with Crippen LogP contribution in [-0.2, 0) is 11.3 Å². The van der Waals surface area contributed by atoms with Crippen molar-refractivity contribution in [2.24, 2.45) is 0 Å². The molecule has 0 fully saturated rings.